The van der Waals surface area contributed by atoms with Crippen molar-refractivity contribution in [2.75, 3.05) is 0 Å². The van der Waals surface area contributed by atoms with Gasteiger partial charge in [-0.15, -0.1) is 0 Å². The second kappa shape index (κ2) is 3.72. The topological polar surface area (TPSA) is 44.0 Å². The molecule has 0 heterocycles. The van der Waals surface area contributed by atoms with Gasteiger partial charge >= 0.3 is 0 Å². The summed E-state index contributed by atoms with van der Waals surface area (Å²) in [6, 6.07) is 2.20. The summed E-state index contributed by atoms with van der Waals surface area (Å²) in [6.45, 7) is 2.00. The first kappa shape index (κ1) is 11.5. The third kappa shape index (κ3) is 1.71. The third-order valence-electron chi connectivity index (χ3n) is 5.90. The minimum Gasteiger partial charge on any atom is -0.390 e. The van der Waals surface area contributed by atoms with Gasteiger partial charge in [0.25, 0.3) is 0 Å². The molecule has 2 nitrogen and oxygen atoms in total. The Morgan fingerprint density at radius 2 is 1.65 bits per heavy atom. The minimum absolute atomic E-state index is 0.151. The number of nitrogens with zero attached hydrogens (tertiary/aromatic N) is 1. The lowest BCUT2D eigenvalue weighted by Crippen LogP contribution is -2.57. The lowest BCUT2D eigenvalue weighted by atomic mass is 9.45. The minimum atomic E-state index is -0.612. The molecule has 0 radical (unpaired) electrons. The molecule has 0 aromatic rings. The van der Waals surface area contributed by atoms with E-state index in [2.05, 4.69) is 6.07 Å². The van der Waals surface area contributed by atoms with Gasteiger partial charge in [-0.2, -0.15) is 5.26 Å². The van der Waals surface area contributed by atoms with E-state index in [1.165, 1.54) is 38.5 Å². The molecule has 4 rings (SSSR count). The van der Waals surface area contributed by atoms with Crippen LogP contribution in [-0.4, -0.2) is 10.7 Å². The zero-order valence-electron chi connectivity index (χ0n) is 10.8. The van der Waals surface area contributed by atoms with Crippen molar-refractivity contribution in [3.63, 3.8) is 0 Å². The quantitative estimate of drug-likeness (QED) is 0.813. The zero-order chi connectivity index (χ0) is 12.1. The number of rotatable bonds is 3. The summed E-state index contributed by atoms with van der Waals surface area (Å²) in [5.74, 6) is 2.61. The van der Waals surface area contributed by atoms with Crippen LogP contribution in [0.1, 0.15) is 58.3 Å². The SMILES string of the molecule is CC(O)(CCC#N)C12CC3CC(CC(C3)C1)C2. The number of nitriles is 1. The van der Waals surface area contributed by atoms with E-state index in [1.54, 1.807) is 0 Å². The molecule has 0 saturated heterocycles. The molecule has 0 aromatic heterocycles. The van der Waals surface area contributed by atoms with Crippen molar-refractivity contribution >= 4 is 0 Å². The average molecular weight is 233 g/mol. The van der Waals surface area contributed by atoms with Gasteiger partial charge in [0.1, 0.15) is 0 Å². The van der Waals surface area contributed by atoms with Gasteiger partial charge in [-0.3, -0.25) is 0 Å². The first-order valence-electron chi connectivity index (χ1n) is 7.14. The van der Waals surface area contributed by atoms with Crippen LogP contribution >= 0.6 is 0 Å². The van der Waals surface area contributed by atoms with E-state index in [1.807, 2.05) is 6.92 Å². The molecule has 0 aliphatic heterocycles. The second-order valence-electron chi connectivity index (χ2n) is 7.13. The number of aliphatic hydroxyl groups is 1. The zero-order valence-corrected chi connectivity index (χ0v) is 10.8. The summed E-state index contributed by atoms with van der Waals surface area (Å²) < 4.78 is 0. The highest BCUT2D eigenvalue weighted by Crippen LogP contribution is 2.64. The molecular formula is C15H23NO. The second-order valence-corrected chi connectivity index (χ2v) is 7.13. The number of hydrogen-bond donors (Lipinski definition) is 1. The third-order valence-corrected chi connectivity index (χ3v) is 5.90. The van der Waals surface area contributed by atoms with Crippen molar-refractivity contribution in [2.45, 2.75) is 63.9 Å². The Balaban J connectivity index is 1.84. The predicted octanol–water partition coefficient (Wildman–Crippen LogP) is 3.26. The van der Waals surface area contributed by atoms with E-state index in [9.17, 15) is 5.11 Å². The number of hydrogen-bond acceptors (Lipinski definition) is 2. The van der Waals surface area contributed by atoms with Crippen molar-refractivity contribution in [2.24, 2.45) is 23.2 Å². The maximum absolute atomic E-state index is 10.9. The van der Waals surface area contributed by atoms with E-state index in [-0.39, 0.29) is 5.41 Å². The fourth-order valence-corrected chi connectivity index (χ4v) is 5.33. The Hall–Kier alpha value is -0.550. The predicted molar refractivity (Wildman–Crippen MR) is 66.1 cm³/mol. The van der Waals surface area contributed by atoms with E-state index in [4.69, 9.17) is 5.26 Å². The van der Waals surface area contributed by atoms with E-state index in [0.29, 0.717) is 12.8 Å². The smallest absolute Gasteiger partial charge is 0.0685 e. The monoisotopic (exact) mass is 233 g/mol. The maximum atomic E-state index is 10.9. The van der Waals surface area contributed by atoms with Crippen molar-refractivity contribution in [1.29, 1.82) is 5.26 Å². The van der Waals surface area contributed by atoms with Crippen LogP contribution in [0.2, 0.25) is 0 Å². The fourth-order valence-electron chi connectivity index (χ4n) is 5.33. The van der Waals surface area contributed by atoms with Gasteiger partial charge in [0.05, 0.1) is 11.7 Å². The van der Waals surface area contributed by atoms with Gasteiger partial charge in [-0.25, -0.2) is 0 Å². The largest absolute Gasteiger partial charge is 0.390 e. The molecule has 4 fully saturated rings. The van der Waals surface area contributed by atoms with Crippen LogP contribution in [0.15, 0.2) is 0 Å². The van der Waals surface area contributed by atoms with Crippen molar-refractivity contribution in [1.82, 2.24) is 0 Å². The summed E-state index contributed by atoms with van der Waals surface area (Å²) in [5.41, 5.74) is -0.461. The van der Waals surface area contributed by atoms with Gasteiger partial charge < -0.3 is 5.11 Å². The van der Waals surface area contributed by atoms with E-state index < -0.39 is 5.60 Å². The van der Waals surface area contributed by atoms with Gasteiger partial charge in [0.15, 0.2) is 0 Å². The van der Waals surface area contributed by atoms with Gasteiger partial charge in [0, 0.05) is 6.42 Å². The maximum Gasteiger partial charge on any atom is 0.0685 e. The Morgan fingerprint density at radius 3 is 2.06 bits per heavy atom. The Bertz CT molecular complexity index is 317. The summed E-state index contributed by atoms with van der Waals surface area (Å²) in [5, 5.41) is 19.6. The molecular weight excluding hydrogens is 210 g/mol. The van der Waals surface area contributed by atoms with Gasteiger partial charge in [-0.1, -0.05) is 0 Å². The molecule has 94 valence electrons. The van der Waals surface area contributed by atoms with E-state index in [0.717, 1.165) is 17.8 Å². The average Bonchev–Trinajstić information content (AvgIpc) is 2.24. The van der Waals surface area contributed by atoms with Gasteiger partial charge in [-0.05, 0) is 75.0 Å². The Morgan fingerprint density at radius 1 is 1.18 bits per heavy atom. The van der Waals surface area contributed by atoms with Crippen LogP contribution in [0.4, 0.5) is 0 Å². The summed E-state index contributed by atoms with van der Waals surface area (Å²) in [6.07, 6.45) is 9.05. The van der Waals surface area contributed by atoms with Crippen LogP contribution in [-0.2, 0) is 0 Å². The molecule has 4 saturated carbocycles. The normalized spacial score (nSPS) is 46.5. The van der Waals surface area contributed by atoms with Crippen LogP contribution in [0.5, 0.6) is 0 Å². The van der Waals surface area contributed by atoms with Gasteiger partial charge in [0.2, 0.25) is 0 Å². The molecule has 0 amide bonds. The van der Waals surface area contributed by atoms with Crippen LogP contribution in [0, 0.1) is 34.5 Å². The van der Waals surface area contributed by atoms with Crippen molar-refractivity contribution < 1.29 is 5.11 Å². The molecule has 4 aliphatic rings. The molecule has 1 unspecified atom stereocenters. The highest BCUT2D eigenvalue weighted by Gasteiger charge is 2.57. The fraction of sp³-hybridized carbons (Fsp3) is 0.933. The molecule has 1 atom stereocenters. The molecule has 4 aliphatic carbocycles. The molecule has 17 heavy (non-hydrogen) atoms. The van der Waals surface area contributed by atoms with Crippen molar-refractivity contribution in [3.05, 3.63) is 0 Å². The highest BCUT2D eigenvalue weighted by molar-refractivity contribution is 5.09. The lowest BCUT2D eigenvalue weighted by molar-refractivity contribution is -0.172. The van der Waals surface area contributed by atoms with Crippen LogP contribution in [0.3, 0.4) is 0 Å². The Kier molecular flexibility index (Phi) is 2.52. The van der Waals surface area contributed by atoms with Crippen LogP contribution < -0.4 is 0 Å². The first-order valence-corrected chi connectivity index (χ1v) is 7.14. The first-order chi connectivity index (χ1) is 8.05. The lowest BCUT2D eigenvalue weighted by Gasteiger charge is -2.61. The Labute approximate surface area is 104 Å². The molecule has 0 aromatic carbocycles. The highest BCUT2D eigenvalue weighted by atomic mass is 16.3. The summed E-state index contributed by atoms with van der Waals surface area (Å²) in [4.78, 5) is 0. The molecule has 2 heteroatoms. The summed E-state index contributed by atoms with van der Waals surface area (Å²) in [7, 11) is 0. The summed E-state index contributed by atoms with van der Waals surface area (Å²) >= 11 is 0. The standard InChI is InChI=1S/C15H23NO/c1-14(17,3-2-4-16)15-8-11-5-12(9-15)7-13(6-11)10-15/h11-13,17H,2-3,5-10H2,1H3. The molecule has 4 bridgehead atoms. The molecule has 1 N–H and O–H groups in total. The van der Waals surface area contributed by atoms with Crippen molar-refractivity contribution in [3.8, 4) is 6.07 Å². The molecule has 0 spiro atoms. The van der Waals surface area contributed by atoms with Crippen LogP contribution in [0.25, 0.3) is 0 Å². The van der Waals surface area contributed by atoms with E-state index >= 15 is 0 Å².